The third-order valence-corrected chi connectivity index (χ3v) is 3.41. The molecule has 0 aliphatic carbocycles. The highest BCUT2D eigenvalue weighted by Gasteiger charge is 2.15. The molecule has 0 aliphatic heterocycles. The molecule has 0 saturated heterocycles. The van der Waals surface area contributed by atoms with Crippen molar-refractivity contribution in [3.05, 3.63) is 42.5 Å². The number of primary amides is 1. The van der Waals surface area contributed by atoms with E-state index in [1.165, 1.54) is 6.92 Å². The van der Waals surface area contributed by atoms with Gasteiger partial charge in [0.05, 0.1) is 0 Å². The number of hydrogen-bond acceptors (Lipinski definition) is 5. The van der Waals surface area contributed by atoms with Crippen molar-refractivity contribution in [3.8, 4) is 5.75 Å². The first-order valence-electron chi connectivity index (χ1n) is 7.07. The minimum absolute atomic E-state index is 0.307. The van der Waals surface area contributed by atoms with Crippen molar-refractivity contribution in [1.29, 1.82) is 0 Å². The van der Waals surface area contributed by atoms with Crippen LogP contribution in [0.1, 0.15) is 6.92 Å². The number of para-hydroxylation sites is 1. The first-order chi connectivity index (χ1) is 11.0. The molecule has 0 bridgehead atoms. The van der Waals surface area contributed by atoms with Crippen LogP contribution in [-0.4, -0.2) is 24.6 Å². The van der Waals surface area contributed by atoms with Crippen molar-refractivity contribution in [2.45, 2.75) is 13.0 Å². The third kappa shape index (κ3) is 3.11. The summed E-state index contributed by atoms with van der Waals surface area (Å²) in [6, 6.07) is 12.9. The molecular formula is C17H15NO5. The van der Waals surface area contributed by atoms with Crippen LogP contribution < -0.4 is 10.5 Å². The number of carbonyl (C=O) groups is 2. The Morgan fingerprint density at radius 1 is 1.13 bits per heavy atom. The van der Waals surface area contributed by atoms with E-state index in [4.69, 9.17) is 19.6 Å². The number of benzene rings is 2. The van der Waals surface area contributed by atoms with Gasteiger partial charge in [0, 0.05) is 10.8 Å². The van der Waals surface area contributed by atoms with E-state index in [1.807, 2.05) is 24.3 Å². The van der Waals surface area contributed by atoms with Crippen LogP contribution >= 0.6 is 0 Å². The fourth-order valence-electron chi connectivity index (χ4n) is 2.23. The van der Waals surface area contributed by atoms with Crippen molar-refractivity contribution in [1.82, 2.24) is 0 Å². The van der Waals surface area contributed by atoms with Crippen molar-refractivity contribution in [3.63, 3.8) is 0 Å². The molecule has 2 aromatic carbocycles. The number of rotatable bonds is 5. The standard InChI is InChI=1S/C17H15NO5/c1-10(17(18)20)22-16(19)9-21-11-6-7-15-13(8-11)12-4-2-3-5-14(12)23-15/h2-8,10H,9H2,1H3,(H2,18,20). The molecule has 1 unspecified atom stereocenters. The summed E-state index contributed by atoms with van der Waals surface area (Å²) in [6.45, 7) is 1.10. The van der Waals surface area contributed by atoms with Crippen molar-refractivity contribution in [2.75, 3.05) is 6.61 Å². The molecule has 3 aromatic rings. The molecule has 0 fully saturated rings. The second-order valence-corrected chi connectivity index (χ2v) is 5.08. The molecule has 0 radical (unpaired) electrons. The summed E-state index contributed by atoms with van der Waals surface area (Å²) in [7, 11) is 0. The zero-order valence-electron chi connectivity index (χ0n) is 12.4. The van der Waals surface area contributed by atoms with Gasteiger partial charge in [0.1, 0.15) is 16.9 Å². The van der Waals surface area contributed by atoms with Crippen LogP contribution in [0, 0.1) is 0 Å². The van der Waals surface area contributed by atoms with E-state index in [9.17, 15) is 9.59 Å². The molecule has 1 heterocycles. The molecular weight excluding hydrogens is 298 g/mol. The van der Waals surface area contributed by atoms with Gasteiger partial charge < -0.3 is 19.6 Å². The van der Waals surface area contributed by atoms with E-state index in [-0.39, 0.29) is 6.61 Å². The first-order valence-corrected chi connectivity index (χ1v) is 7.07. The Morgan fingerprint density at radius 3 is 2.65 bits per heavy atom. The number of hydrogen-bond donors (Lipinski definition) is 1. The number of carbonyl (C=O) groups excluding carboxylic acids is 2. The summed E-state index contributed by atoms with van der Waals surface area (Å²) in [5.41, 5.74) is 6.55. The molecule has 3 rings (SSSR count). The highest BCUT2D eigenvalue weighted by Crippen LogP contribution is 2.31. The SMILES string of the molecule is CC(OC(=O)COc1ccc2oc3ccccc3c2c1)C(N)=O. The predicted octanol–water partition coefficient (Wildman–Crippen LogP) is 2.38. The number of esters is 1. The second kappa shape index (κ2) is 6.00. The Bertz CT molecular complexity index is 883. The number of amides is 1. The quantitative estimate of drug-likeness (QED) is 0.730. The third-order valence-electron chi connectivity index (χ3n) is 3.41. The molecule has 118 valence electrons. The summed E-state index contributed by atoms with van der Waals surface area (Å²) in [5.74, 6) is -0.856. The Hall–Kier alpha value is -3.02. The zero-order valence-corrected chi connectivity index (χ0v) is 12.4. The maximum absolute atomic E-state index is 11.6. The molecule has 0 spiro atoms. The zero-order chi connectivity index (χ0) is 16.4. The normalized spacial score (nSPS) is 12.2. The largest absolute Gasteiger partial charge is 0.482 e. The van der Waals surface area contributed by atoms with Gasteiger partial charge in [-0.1, -0.05) is 18.2 Å². The average molecular weight is 313 g/mol. The lowest BCUT2D eigenvalue weighted by atomic mass is 10.1. The fraction of sp³-hybridized carbons (Fsp3) is 0.176. The summed E-state index contributed by atoms with van der Waals surface area (Å²) >= 11 is 0. The molecule has 23 heavy (non-hydrogen) atoms. The summed E-state index contributed by atoms with van der Waals surface area (Å²) < 4.78 is 15.9. The predicted molar refractivity (Wildman–Crippen MR) is 84.0 cm³/mol. The lowest BCUT2D eigenvalue weighted by molar-refractivity contribution is -0.155. The Labute approximate surface area is 131 Å². The van der Waals surface area contributed by atoms with Gasteiger partial charge in [0.25, 0.3) is 5.91 Å². The average Bonchev–Trinajstić information content (AvgIpc) is 2.90. The summed E-state index contributed by atoms with van der Waals surface area (Å²) in [4.78, 5) is 22.4. The molecule has 1 aromatic heterocycles. The maximum Gasteiger partial charge on any atom is 0.344 e. The Morgan fingerprint density at radius 2 is 1.87 bits per heavy atom. The molecule has 0 saturated carbocycles. The number of nitrogens with two attached hydrogens (primary N) is 1. The van der Waals surface area contributed by atoms with E-state index >= 15 is 0 Å². The van der Waals surface area contributed by atoms with Gasteiger partial charge in [-0.3, -0.25) is 4.79 Å². The maximum atomic E-state index is 11.6. The van der Waals surface area contributed by atoms with Gasteiger partial charge in [-0.15, -0.1) is 0 Å². The Kier molecular flexibility index (Phi) is 3.89. The van der Waals surface area contributed by atoms with Crippen LogP contribution in [0.3, 0.4) is 0 Å². The van der Waals surface area contributed by atoms with E-state index < -0.39 is 18.0 Å². The minimum Gasteiger partial charge on any atom is -0.482 e. The van der Waals surface area contributed by atoms with Gasteiger partial charge in [-0.05, 0) is 31.2 Å². The van der Waals surface area contributed by atoms with Gasteiger partial charge in [-0.25, -0.2) is 4.79 Å². The highest BCUT2D eigenvalue weighted by molar-refractivity contribution is 6.05. The van der Waals surface area contributed by atoms with Gasteiger partial charge >= 0.3 is 5.97 Å². The number of ether oxygens (including phenoxy) is 2. The van der Waals surface area contributed by atoms with Gasteiger partial charge in [0.2, 0.25) is 0 Å². The summed E-state index contributed by atoms with van der Waals surface area (Å²) in [5, 5.41) is 1.87. The van der Waals surface area contributed by atoms with Crippen LogP contribution in [0.5, 0.6) is 5.75 Å². The highest BCUT2D eigenvalue weighted by atomic mass is 16.6. The number of fused-ring (bicyclic) bond motifs is 3. The van der Waals surface area contributed by atoms with E-state index in [0.717, 1.165) is 21.9 Å². The molecule has 2 N–H and O–H groups in total. The molecule has 1 amide bonds. The van der Waals surface area contributed by atoms with Crippen molar-refractivity contribution < 1.29 is 23.5 Å². The second-order valence-electron chi connectivity index (χ2n) is 5.08. The van der Waals surface area contributed by atoms with E-state index in [2.05, 4.69) is 0 Å². The van der Waals surface area contributed by atoms with Gasteiger partial charge in [-0.2, -0.15) is 0 Å². The molecule has 0 aliphatic rings. The lowest BCUT2D eigenvalue weighted by Gasteiger charge is -2.10. The van der Waals surface area contributed by atoms with Crippen molar-refractivity contribution in [2.24, 2.45) is 5.73 Å². The minimum atomic E-state index is -0.980. The summed E-state index contributed by atoms with van der Waals surface area (Å²) in [6.07, 6.45) is -0.980. The van der Waals surface area contributed by atoms with Crippen LogP contribution in [0.2, 0.25) is 0 Å². The fourth-order valence-corrected chi connectivity index (χ4v) is 2.23. The first kappa shape index (κ1) is 14.9. The van der Waals surface area contributed by atoms with E-state index in [0.29, 0.717) is 5.75 Å². The van der Waals surface area contributed by atoms with Crippen LogP contribution in [-0.2, 0) is 14.3 Å². The van der Waals surface area contributed by atoms with E-state index in [1.54, 1.807) is 18.2 Å². The molecule has 6 nitrogen and oxygen atoms in total. The lowest BCUT2D eigenvalue weighted by Crippen LogP contribution is -2.32. The topological polar surface area (TPSA) is 91.8 Å². The van der Waals surface area contributed by atoms with Crippen LogP contribution in [0.4, 0.5) is 0 Å². The Balaban J connectivity index is 1.75. The van der Waals surface area contributed by atoms with Crippen molar-refractivity contribution >= 4 is 33.8 Å². The number of furan rings is 1. The molecule has 6 heteroatoms. The van der Waals surface area contributed by atoms with Crippen LogP contribution in [0.15, 0.2) is 46.9 Å². The molecule has 1 atom stereocenters. The van der Waals surface area contributed by atoms with Gasteiger partial charge in [0.15, 0.2) is 12.7 Å². The van der Waals surface area contributed by atoms with Crippen LogP contribution in [0.25, 0.3) is 21.9 Å². The monoisotopic (exact) mass is 313 g/mol. The smallest absolute Gasteiger partial charge is 0.344 e.